The highest BCUT2D eigenvalue weighted by atomic mass is 79.9. The van der Waals surface area contributed by atoms with Gasteiger partial charge in [0.05, 0.1) is 5.02 Å². The van der Waals surface area contributed by atoms with Crippen molar-refractivity contribution >= 4 is 39.3 Å². The molecule has 0 aliphatic heterocycles. The topological polar surface area (TPSA) is 26.0 Å². The first-order valence-corrected chi connectivity index (χ1v) is 8.32. The van der Waals surface area contributed by atoms with Crippen LogP contribution in [-0.2, 0) is 0 Å². The number of halogens is 3. The van der Waals surface area contributed by atoms with Gasteiger partial charge in [-0.25, -0.2) is 4.39 Å². The molecule has 1 atom stereocenters. The Hall–Kier alpha value is 0.230. The molecule has 1 aliphatic carbocycles. The first-order valence-electron chi connectivity index (χ1n) is 6.10. The Bertz CT molecular complexity index is 424. The summed E-state index contributed by atoms with van der Waals surface area (Å²) in [7, 11) is 0. The van der Waals surface area contributed by atoms with E-state index in [0.29, 0.717) is 15.3 Å². The van der Waals surface area contributed by atoms with Crippen molar-refractivity contribution < 1.29 is 4.39 Å². The zero-order valence-electron chi connectivity index (χ0n) is 9.96. The molecule has 1 saturated carbocycles. The van der Waals surface area contributed by atoms with Crippen molar-refractivity contribution in [3.8, 4) is 0 Å². The molecule has 0 spiro atoms. The van der Waals surface area contributed by atoms with Crippen LogP contribution in [0.1, 0.15) is 37.3 Å². The molecule has 100 valence electrons. The maximum Gasteiger partial charge on any atom is 0.147 e. The summed E-state index contributed by atoms with van der Waals surface area (Å²) in [6.45, 7) is 0. The predicted molar refractivity (Wildman–Crippen MR) is 80.8 cm³/mol. The summed E-state index contributed by atoms with van der Waals surface area (Å²) in [5.74, 6) is 0.352. The van der Waals surface area contributed by atoms with Crippen molar-refractivity contribution in [2.75, 3.05) is 5.75 Å². The van der Waals surface area contributed by atoms with Crippen molar-refractivity contribution in [2.45, 2.75) is 37.0 Å². The molecule has 1 aromatic rings. The highest BCUT2D eigenvalue weighted by Gasteiger charge is 2.20. The van der Waals surface area contributed by atoms with E-state index in [1.54, 1.807) is 12.1 Å². The molecule has 0 saturated heterocycles. The van der Waals surface area contributed by atoms with Crippen LogP contribution in [0.4, 0.5) is 4.39 Å². The first-order chi connectivity index (χ1) is 8.59. The third-order valence-corrected chi connectivity index (χ3v) is 6.03. The molecular weight excluding hydrogens is 337 g/mol. The highest BCUT2D eigenvalue weighted by Crippen LogP contribution is 2.34. The lowest BCUT2D eigenvalue weighted by Gasteiger charge is -2.16. The van der Waals surface area contributed by atoms with Gasteiger partial charge >= 0.3 is 0 Å². The molecule has 2 N–H and O–H groups in total. The smallest absolute Gasteiger partial charge is 0.147 e. The quantitative estimate of drug-likeness (QED) is 0.779. The van der Waals surface area contributed by atoms with E-state index in [0.717, 1.165) is 5.75 Å². The van der Waals surface area contributed by atoms with Crippen LogP contribution >= 0.6 is 39.3 Å². The highest BCUT2D eigenvalue weighted by molar-refractivity contribution is 9.10. The number of benzene rings is 1. The summed E-state index contributed by atoms with van der Waals surface area (Å²) in [4.78, 5) is 0. The lowest BCUT2D eigenvalue weighted by atomic mass is 10.1. The van der Waals surface area contributed by atoms with E-state index in [1.165, 1.54) is 25.7 Å². The van der Waals surface area contributed by atoms with E-state index in [4.69, 9.17) is 17.3 Å². The van der Waals surface area contributed by atoms with E-state index in [1.807, 2.05) is 11.8 Å². The molecule has 0 amide bonds. The van der Waals surface area contributed by atoms with E-state index < -0.39 is 5.82 Å². The second-order valence-electron chi connectivity index (χ2n) is 4.61. The zero-order chi connectivity index (χ0) is 13.1. The minimum Gasteiger partial charge on any atom is -0.323 e. The van der Waals surface area contributed by atoms with Crippen molar-refractivity contribution in [3.63, 3.8) is 0 Å². The summed E-state index contributed by atoms with van der Waals surface area (Å²) in [6, 6.07) is 3.17. The van der Waals surface area contributed by atoms with Gasteiger partial charge in [0.2, 0.25) is 0 Å². The largest absolute Gasteiger partial charge is 0.323 e. The molecule has 1 nitrogen and oxygen atoms in total. The minimum absolute atomic E-state index is 0.119. The average molecular weight is 353 g/mol. The van der Waals surface area contributed by atoms with E-state index in [9.17, 15) is 4.39 Å². The monoisotopic (exact) mass is 351 g/mol. The van der Waals surface area contributed by atoms with E-state index >= 15 is 0 Å². The zero-order valence-corrected chi connectivity index (χ0v) is 13.1. The molecule has 18 heavy (non-hydrogen) atoms. The third kappa shape index (κ3) is 3.41. The Balaban J connectivity index is 1.99. The molecule has 1 fully saturated rings. The van der Waals surface area contributed by atoms with Gasteiger partial charge in [0.25, 0.3) is 0 Å². The summed E-state index contributed by atoms with van der Waals surface area (Å²) in [6.07, 6.45) is 5.15. The van der Waals surface area contributed by atoms with Gasteiger partial charge in [-0.2, -0.15) is 11.8 Å². The maximum absolute atomic E-state index is 14.0. The van der Waals surface area contributed by atoms with Crippen molar-refractivity contribution in [3.05, 3.63) is 33.0 Å². The fourth-order valence-electron chi connectivity index (χ4n) is 2.21. The van der Waals surface area contributed by atoms with Crippen LogP contribution in [0.15, 0.2) is 16.6 Å². The summed E-state index contributed by atoms with van der Waals surface area (Å²) < 4.78 is 14.5. The Morgan fingerprint density at radius 2 is 2.11 bits per heavy atom. The van der Waals surface area contributed by atoms with Crippen molar-refractivity contribution in [1.82, 2.24) is 0 Å². The number of nitrogens with two attached hydrogens (primary N) is 1. The van der Waals surface area contributed by atoms with Crippen LogP contribution in [0, 0.1) is 5.82 Å². The number of rotatable bonds is 4. The van der Waals surface area contributed by atoms with Gasteiger partial charge in [-0.05, 0) is 34.8 Å². The second kappa shape index (κ2) is 6.60. The fourth-order valence-corrected chi connectivity index (χ4v) is 4.02. The molecule has 1 aromatic carbocycles. The van der Waals surface area contributed by atoms with Crippen LogP contribution in [0.25, 0.3) is 0 Å². The SMILES string of the molecule is NC(CSC1CCCC1)c1ccc(Br)c(Cl)c1F. The summed E-state index contributed by atoms with van der Waals surface area (Å²) in [5.41, 5.74) is 6.57. The van der Waals surface area contributed by atoms with Crippen LogP contribution < -0.4 is 5.73 Å². The minimum atomic E-state index is -0.398. The molecule has 1 unspecified atom stereocenters. The normalized spacial score (nSPS) is 18.2. The Labute approximate surface area is 125 Å². The third-order valence-electron chi connectivity index (χ3n) is 3.28. The fraction of sp³-hybridized carbons (Fsp3) is 0.538. The standard InChI is InChI=1S/C13H16BrClFNS/c14-10-6-5-9(13(16)12(10)15)11(17)7-18-8-3-1-2-4-8/h5-6,8,11H,1-4,7,17H2. The molecule has 0 bridgehead atoms. The maximum atomic E-state index is 14.0. The predicted octanol–water partition coefficient (Wildman–Crippen LogP) is 4.92. The molecule has 0 radical (unpaired) electrons. The van der Waals surface area contributed by atoms with Crippen LogP contribution in [-0.4, -0.2) is 11.0 Å². The van der Waals surface area contributed by atoms with Gasteiger partial charge in [0, 0.05) is 27.1 Å². The van der Waals surface area contributed by atoms with Gasteiger partial charge in [-0.1, -0.05) is 30.5 Å². The molecule has 1 aliphatic rings. The van der Waals surface area contributed by atoms with Gasteiger partial charge < -0.3 is 5.73 Å². The second-order valence-corrected chi connectivity index (χ2v) is 7.18. The van der Waals surface area contributed by atoms with Crippen molar-refractivity contribution in [1.29, 1.82) is 0 Å². The van der Waals surface area contributed by atoms with Crippen LogP contribution in [0.3, 0.4) is 0 Å². The van der Waals surface area contributed by atoms with Gasteiger partial charge in [0.15, 0.2) is 0 Å². The van der Waals surface area contributed by atoms with E-state index in [2.05, 4.69) is 15.9 Å². The molecular formula is C13H16BrClFNS. The van der Waals surface area contributed by atoms with Gasteiger partial charge in [0.1, 0.15) is 5.82 Å². The van der Waals surface area contributed by atoms with E-state index in [-0.39, 0.29) is 11.1 Å². The van der Waals surface area contributed by atoms with Gasteiger partial charge in [-0.3, -0.25) is 0 Å². The molecule has 2 rings (SSSR count). The molecule has 0 aromatic heterocycles. The Kier molecular flexibility index (Phi) is 5.36. The Morgan fingerprint density at radius 3 is 2.78 bits per heavy atom. The Morgan fingerprint density at radius 1 is 1.44 bits per heavy atom. The number of thioether (sulfide) groups is 1. The van der Waals surface area contributed by atoms with Crippen LogP contribution in [0.5, 0.6) is 0 Å². The lowest BCUT2D eigenvalue weighted by Crippen LogP contribution is -2.16. The summed E-state index contributed by atoms with van der Waals surface area (Å²) in [5, 5.41) is 0.818. The van der Waals surface area contributed by atoms with Crippen molar-refractivity contribution in [2.24, 2.45) is 5.73 Å². The summed E-state index contributed by atoms with van der Waals surface area (Å²) >= 11 is 10.9. The first kappa shape index (κ1) is 14.6. The number of hydrogen-bond donors (Lipinski definition) is 1. The van der Waals surface area contributed by atoms with Crippen LogP contribution in [0.2, 0.25) is 5.02 Å². The lowest BCUT2D eigenvalue weighted by molar-refractivity contribution is 0.594. The average Bonchev–Trinajstić information content (AvgIpc) is 2.86. The van der Waals surface area contributed by atoms with Gasteiger partial charge in [-0.15, -0.1) is 0 Å². The molecule has 5 heteroatoms. The molecule has 0 heterocycles. The number of hydrogen-bond acceptors (Lipinski definition) is 2.